The third-order valence-corrected chi connectivity index (χ3v) is 4.58. The average Bonchev–Trinajstić information content (AvgIpc) is 3.08. The van der Waals surface area contributed by atoms with Crippen LogP contribution in [0, 0.1) is 5.92 Å². The topological polar surface area (TPSA) is 50.4 Å². The summed E-state index contributed by atoms with van der Waals surface area (Å²) in [6.45, 7) is 2.14. The van der Waals surface area contributed by atoms with Crippen LogP contribution in [0.3, 0.4) is 0 Å². The molecule has 3 rings (SSSR count). The summed E-state index contributed by atoms with van der Waals surface area (Å²) in [5.74, 6) is 1.10. The number of ether oxygens (including phenoxy) is 1. The molecule has 2 N–H and O–H groups in total. The zero-order chi connectivity index (χ0) is 16.9. The Balaban J connectivity index is 0.00000225. The normalized spacial score (nSPS) is 16.2. The Labute approximate surface area is 159 Å². The average molecular weight is 381 g/mol. The maximum atomic E-state index is 12.5. The molecule has 4 nitrogen and oxygen atoms in total. The Kier molecular flexibility index (Phi) is 7.12. The quantitative estimate of drug-likeness (QED) is 0.817. The third kappa shape index (κ3) is 5.11. The predicted octanol–water partition coefficient (Wildman–Crippen LogP) is 4.17. The van der Waals surface area contributed by atoms with Crippen LogP contribution in [0.1, 0.15) is 22.3 Å². The highest BCUT2D eigenvalue weighted by Gasteiger charge is 2.15. The molecular weight excluding hydrogens is 359 g/mol. The standard InChI is InChI=1S/C19H21ClN2O2.ClH/c1-24-18-6-5-16(11-17(18)20)22-19(23)15-4-2-3-13(10-15)9-14-7-8-21-12-14;/h2-6,10-11,14,21H,7-9,12H2,1H3,(H,22,23);1H. The lowest BCUT2D eigenvalue weighted by Crippen LogP contribution is -2.13. The summed E-state index contributed by atoms with van der Waals surface area (Å²) in [7, 11) is 1.56. The Morgan fingerprint density at radius 2 is 2.16 bits per heavy atom. The fraction of sp³-hybridized carbons (Fsp3) is 0.316. The number of anilines is 1. The lowest BCUT2D eigenvalue weighted by molar-refractivity contribution is 0.102. The highest BCUT2D eigenvalue weighted by molar-refractivity contribution is 6.32. The minimum atomic E-state index is -0.136. The van der Waals surface area contributed by atoms with E-state index in [4.69, 9.17) is 16.3 Å². The molecule has 25 heavy (non-hydrogen) atoms. The van der Waals surface area contributed by atoms with Crippen LogP contribution in [-0.4, -0.2) is 26.1 Å². The van der Waals surface area contributed by atoms with E-state index in [1.165, 1.54) is 12.0 Å². The van der Waals surface area contributed by atoms with Gasteiger partial charge in [-0.1, -0.05) is 23.7 Å². The second kappa shape index (κ2) is 9.09. The van der Waals surface area contributed by atoms with Crippen molar-refractivity contribution in [3.05, 3.63) is 58.6 Å². The first-order chi connectivity index (χ1) is 11.7. The van der Waals surface area contributed by atoms with E-state index in [1.54, 1.807) is 25.3 Å². The van der Waals surface area contributed by atoms with E-state index in [0.717, 1.165) is 19.5 Å². The van der Waals surface area contributed by atoms with Crippen molar-refractivity contribution in [2.75, 3.05) is 25.5 Å². The molecule has 1 heterocycles. The van der Waals surface area contributed by atoms with Gasteiger partial charge in [-0.2, -0.15) is 0 Å². The SMILES string of the molecule is COc1ccc(NC(=O)c2cccc(CC3CCNC3)c2)cc1Cl.Cl. The number of benzene rings is 2. The van der Waals surface area contributed by atoms with Gasteiger partial charge in [0.25, 0.3) is 5.91 Å². The number of carbonyl (C=O) groups excluding carboxylic acids is 1. The lowest BCUT2D eigenvalue weighted by atomic mass is 9.97. The van der Waals surface area contributed by atoms with Gasteiger partial charge in [-0.05, 0) is 67.7 Å². The van der Waals surface area contributed by atoms with E-state index in [0.29, 0.717) is 27.9 Å². The maximum absolute atomic E-state index is 12.5. The number of halogens is 2. The molecule has 0 aliphatic carbocycles. The smallest absolute Gasteiger partial charge is 0.255 e. The van der Waals surface area contributed by atoms with Gasteiger partial charge in [0.1, 0.15) is 5.75 Å². The van der Waals surface area contributed by atoms with E-state index in [9.17, 15) is 4.79 Å². The first kappa shape index (κ1) is 19.6. The molecule has 1 unspecified atom stereocenters. The maximum Gasteiger partial charge on any atom is 0.255 e. The number of rotatable bonds is 5. The molecular formula is C19H22Cl2N2O2. The molecule has 134 valence electrons. The highest BCUT2D eigenvalue weighted by Crippen LogP contribution is 2.27. The number of carbonyl (C=O) groups is 1. The number of hydrogen-bond donors (Lipinski definition) is 2. The fourth-order valence-electron chi connectivity index (χ4n) is 3.01. The molecule has 0 spiro atoms. The molecule has 1 aliphatic heterocycles. The van der Waals surface area contributed by atoms with Crippen molar-refractivity contribution in [1.82, 2.24) is 5.32 Å². The van der Waals surface area contributed by atoms with Gasteiger partial charge in [0.05, 0.1) is 12.1 Å². The number of nitrogens with one attached hydrogen (secondary N) is 2. The van der Waals surface area contributed by atoms with Gasteiger partial charge in [0.15, 0.2) is 0 Å². The van der Waals surface area contributed by atoms with Crippen LogP contribution in [-0.2, 0) is 6.42 Å². The van der Waals surface area contributed by atoms with Gasteiger partial charge in [-0.15, -0.1) is 12.4 Å². The number of methoxy groups -OCH3 is 1. The molecule has 0 saturated carbocycles. The van der Waals surface area contributed by atoms with E-state index in [2.05, 4.69) is 16.7 Å². The molecule has 2 aromatic rings. The minimum absolute atomic E-state index is 0. The molecule has 1 amide bonds. The van der Waals surface area contributed by atoms with Crippen molar-refractivity contribution >= 4 is 35.6 Å². The van der Waals surface area contributed by atoms with Gasteiger partial charge >= 0.3 is 0 Å². The molecule has 2 aromatic carbocycles. The molecule has 1 fully saturated rings. The summed E-state index contributed by atoms with van der Waals surface area (Å²) < 4.78 is 5.12. The summed E-state index contributed by atoms with van der Waals surface area (Å²) >= 11 is 6.10. The van der Waals surface area contributed by atoms with Crippen LogP contribution in [0.25, 0.3) is 0 Å². The van der Waals surface area contributed by atoms with E-state index < -0.39 is 0 Å². The largest absolute Gasteiger partial charge is 0.495 e. The van der Waals surface area contributed by atoms with Gasteiger partial charge < -0.3 is 15.4 Å². The van der Waals surface area contributed by atoms with Crippen molar-refractivity contribution < 1.29 is 9.53 Å². The Hall–Kier alpha value is -1.75. The third-order valence-electron chi connectivity index (χ3n) is 4.29. The van der Waals surface area contributed by atoms with E-state index in [1.807, 2.05) is 18.2 Å². The minimum Gasteiger partial charge on any atom is -0.495 e. The van der Waals surface area contributed by atoms with Crippen molar-refractivity contribution in [3.8, 4) is 5.75 Å². The zero-order valence-electron chi connectivity index (χ0n) is 14.0. The summed E-state index contributed by atoms with van der Waals surface area (Å²) in [6.07, 6.45) is 2.20. The fourth-order valence-corrected chi connectivity index (χ4v) is 3.27. The Bertz CT molecular complexity index is 731. The van der Waals surface area contributed by atoms with Crippen LogP contribution < -0.4 is 15.4 Å². The number of hydrogen-bond acceptors (Lipinski definition) is 3. The molecule has 0 radical (unpaired) electrons. The zero-order valence-corrected chi connectivity index (χ0v) is 15.6. The van der Waals surface area contributed by atoms with Crippen molar-refractivity contribution in [1.29, 1.82) is 0 Å². The Morgan fingerprint density at radius 3 is 2.84 bits per heavy atom. The van der Waals surface area contributed by atoms with Gasteiger partial charge in [0, 0.05) is 11.3 Å². The summed E-state index contributed by atoms with van der Waals surface area (Å²) in [4.78, 5) is 12.5. The van der Waals surface area contributed by atoms with Gasteiger partial charge in [-0.25, -0.2) is 0 Å². The van der Waals surface area contributed by atoms with Crippen LogP contribution in [0.5, 0.6) is 5.75 Å². The highest BCUT2D eigenvalue weighted by atomic mass is 35.5. The lowest BCUT2D eigenvalue weighted by Gasteiger charge is -2.11. The summed E-state index contributed by atoms with van der Waals surface area (Å²) in [5.41, 5.74) is 2.51. The predicted molar refractivity (Wildman–Crippen MR) is 104 cm³/mol. The first-order valence-corrected chi connectivity index (χ1v) is 8.48. The van der Waals surface area contributed by atoms with Crippen molar-refractivity contribution in [2.24, 2.45) is 5.92 Å². The second-order valence-corrected chi connectivity index (χ2v) is 6.47. The van der Waals surface area contributed by atoms with Gasteiger partial charge in [-0.3, -0.25) is 4.79 Å². The summed E-state index contributed by atoms with van der Waals surface area (Å²) in [6, 6.07) is 13.0. The van der Waals surface area contributed by atoms with Crippen LogP contribution in [0.15, 0.2) is 42.5 Å². The molecule has 0 bridgehead atoms. The van der Waals surface area contributed by atoms with E-state index in [-0.39, 0.29) is 18.3 Å². The second-order valence-electron chi connectivity index (χ2n) is 6.07. The summed E-state index contributed by atoms with van der Waals surface area (Å²) in [5, 5.41) is 6.73. The monoisotopic (exact) mass is 380 g/mol. The Morgan fingerprint density at radius 1 is 1.32 bits per heavy atom. The van der Waals surface area contributed by atoms with Crippen LogP contribution >= 0.6 is 24.0 Å². The van der Waals surface area contributed by atoms with E-state index >= 15 is 0 Å². The van der Waals surface area contributed by atoms with Crippen molar-refractivity contribution in [2.45, 2.75) is 12.8 Å². The van der Waals surface area contributed by atoms with Crippen LogP contribution in [0.4, 0.5) is 5.69 Å². The molecule has 1 atom stereocenters. The molecule has 6 heteroatoms. The number of amides is 1. The molecule has 1 aliphatic rings. The molecule has 0 aromatic heterocycles. The van der Waals surface area contributed by atoms with Crippen molar-refractivity contribution in [3.63, 3.8) is 0 Å². The van der Waals surface area contributed by atoms with Crippen LogP contribution in [0.2, 0.25) is 5.02 Å². The van der Waals surface area contributed by atoms with Gasteiger partial charge in [0.2, 0.25) is 0 Å². The first-order valence-electron chi connectivity index (χ1n) is 8.10. The molecule has 1 saturated heterocycles.